The Morgan fingerprint density at radius 1 is 1.50 bits per heavy atom. The number of rotatable bonds is 4. The van der Waals surface area contributed by atoms with Crippen molar-refractivity contribution in [1.82, 2.24) is 10.3 Å². The van der Waals surface area contributed by atoms with Gasteiger partial charge in [-0.05, 0) is 24.6 Å². The van der Waals surface area contributed by atoms with Crippen LogP contribution < -0.4 is 5.32 Å². The number of pyridine rings is 1. The van der Waals surface area contributed by atoms with E-state index in [1.807, 2.05) is 12.1 Å². The highest BCUT2D eigenvalue weighted by Crippen LogP contribution is 1.93. The summed E-state index contributed by atoms with van der Waals surface area (Å²) in [5, 5.41) is 3.02. The van der Waals surface area contributed by atoms with Crippen molar-refractivity contribution in [2.24, 2.45) is 0 Å². The molecule has 0 aromatic carbocycles. The molecule has 0 radical (unpaired) electrons. The Morgan fingerprint density at radius 2 is 2.17 bits per heavy atom. The summed E-state index contributed by atoms with van der Waals surface area (Å²) in [5.41, 5.74) is 1.14. The molecule has 3 nitrogen and oxygen atoms in total. The minimum absolute atomic E-state index is 0.157. The highest BCUT2D eigenvalue weighted by atomic mass is 16.1. The van der Waals surface area contributed by atoms with E-state index < -0.39 is 0 Å². The molecule has 0 fully saturated rings. The van der Waals surface area contributed by atoms with Crippen LogP contribution in [0.15, 0.2) is 24.5 Å². The minimum Gasteiger partial charge on any atom is -0.306 e. The van der Waals surface area contributed by atoms with Crippen LogP contribution in [0.3, 0.4) is 0 Å². The maximum atomic E-state index is 10.6. The van der Waals surface area contributed by atoms with E-state index in [-0.39, 0.29) is 5.78 Å². The first kappa shape index (κ1) is 8.87. The van der Waals surface area contributed by atoms with Gasteiger partial charge < -0.3 is 5.32 Å². The van der Waals surface area contributed by atoms with Gasteiger partial charge in [-0.25, -0.2) is 0 Å². The number of Topliss-reactive ketones (excluding diaryl/α,β-unsaturated/α-hetero) is 1. The second-order valence-corrected chi connectivity index (χ2v) is 2.66. The molecule has 0 unspecified atom stereocenters. The van der Waals surface area contributed by atoms with Crippen LogP contribution in [0, 0.1) is 0 Å². The molecule has 1 aromatic rings. The van der Waals surface area contributed by atoms with Crippen LogP contribution in [0.1, 0.15) is 12.5 Å². The second kappa shape index (κ2) is 4.62. The van der Waals surface area contributed by atoms with Crippen LogP contribution in [0.4, 0.5) is 0 Å². The van der Waals surface area contributed by atoms with Crippen LogP contribution in [0.2, 0.25) is 0 Å². The number of carbonyl (C=O) groups excluding carboxylic acids is 1. The largest absolute Gasteiger partial charge is 0.306 e. The number of nitrogens with zero attached hydrogens (tertiary/aromatic N) is 1. The van der Waals surface area contributed by atoms with E-state index in [4.69, 9.17) is 0 Å². The third-order valence-corrected chi connectivity index (χ3v) is 1.45. The monoisotopic (exact) mass is 164 g/mol. The molecule has 1 aromatic heterocycles. The quantitative estimate of drug-likeness (QED) is 0.714. The predicted molar refractivity (Wildman–Crippen MR) is 46.6 cm³/mol. The molecule has 0 aliphatic carbocycles. The van der Waals surface area contributed by atoms with E-state index in [1.165, 1.54) is 0 Å². The van der Waals surface area contributed by atoms with Crippen LogP contribution in [-0.4, -0.2) is 17.3 Å². The van der Waals surface area contributed by atoms with Gasteiger partial charge in [0.2, 0.25) is 0 Å². The highest BCUT2D eigenvalue weighted by molar-refractivity contribution is 5.77. The molecule has 3 heteroatoms. The van der Waals surface area contributed by atoms with E-state index in [0.29, 0.717) is 6.54 Å². The topological polar surface area (TPSA) is 42.0 Å². The molecule has 0 saturated heterocycles. The molecule has 0 amide bonds. The van der Waals surface area contributed by atoms with Crippen LogP contribution in [-0.2, 0) is 11.3 Å². The fraction of sp³-hybridized carbons (Fsp3) is 0.333. The molecule has 1 N–H and O–H groups in total. The molecular formula is C9H12N2O. The van der Waals surface area contributed by atoms with Crippen molar-refractivity contribution in [2.45, 2.75) is 13.5 Å². The van der Waals surface area contributed by atoms with Gasteiger partial charge in [0.15, 0.2) is 0 Å². The van der Waals surface area contributed by atoms with Crippen LogP contribution in [0.25, 0.3) is 0 Å². The van der Waals surface area contributed by atoms with Crippen molar-refractivity contribution in [3.05, 3.63) is 30.1 Å². The van der Waals surface area contributed by atoms with E-state index in [2.05, 4.69) is 10.3 Å². The summed E-state index contributed by atoms with van der Waals surface area (Å²) >= 11 is 0. The zero-order valence-electron chi connectivity index (χ0n) is 7.08. The third-order valence-electron chi connectivity index (χ3n) is 1.45. The van der Waals surface area contributed by atoms with Crippen LogP contribution in [0.5, 0.6) is 0 Å². The summed E-state index contributed by atoms with van der Waals surface area (Å²) in [5.74, 6) is 0.157. The molecule has 64 valence electrons. The summed E-state index contributed by atoms with van der Waals surface area (Å²) in [6.45, 7) is 2.73. The fourth-order valence-corrected chi connectivity index (χ4v) is 0.884. The Morgan fingerprint density at radius 3 is 2.75 bits per heavy atom. The molecule has 1 rings (SSSR count). The Labute approximate surface area is 71.8 Å². The molecule has 0 aliphatic rings. The molecule has 0 spiro atoms. The molecule has 0 atom stereocenters. The van der Waals surface area contributed by atoms with Gasteiger partial charge in [-0.15, -0.1) is 0 Å². The number of carbonyl (C=O) groups is 1. The Hall–Kier alpha value is -1.22. The number of hydrogen-bond donors (Lipinski definition) is 1. The smallest absolute Gasteiger partial charge is 0.143 e. The van der Waals surface area contributed by atoms with Gasteiger partial charge in [0, 0.05) is 18.9 Å². The lowest BCUT2D eigenvalue weighted by molar-refractivity contribution is -0.116. The lowest BCUT2D eigenvalue weighted by atomic mass is 10.3. The highest BCUT2D eigenvalue weighted by Gasteiger charge is 1.92. The average Bonchev–Trinajstić information content (AvgIpc) is 2.05. The normalized spacial score (nSPS) is 9.75. The van der Waals surface area contributed by atoms with Gasteiger partial charge >= 0.3 is 0 Å². The zero-order chi connectivity index (χ0) is 8.81. The molecule has 0 bridgehead atoms. The van der Waals surface area contributed by atoms with E-state index in [0.717, 1.165) is 12.1 Å². The summed E-state index contributed by atoms with van der Waals surface area (Å²) in [6.07, 6.45) is 3.48. The second-order valence-electron chi connectivity index (χ2n) is 2.66. The van der Waals surface area contributed by atoms with Gasteiger partial charge in [-0.1, -0.05) is 0 Å². The maximum Gasteiger partial charge on any atom is 0.143 e. The van der Waals surface area contributed by atoms with Crippen LogP contribution >= 0.6 is 0 Å². The fourth-order valence-electron chi connectivity index (χ4n) is 0.884. The maximum absolute atomic E-state index is 10.6. The van der Waals surface area contributed by atoms with Crippen molar-refractivity contribution >= 4 is 5.78 Å². The molecule has 0 aliphatic heterocycles. The Balaban J connectivity index is 2.29. The average molecular weight is 164 g/mol. The van der Waals surface area contributed by atoms with Gasteiger partial charge in [-0.3, -0.25) is 9.78 Å². The first-order valence-corrected chi connectivity index (χ1v) is 3.88. The first-order valence-electron chi connectivity index (χ1n) is 3.88. The Bertz CT molecular complexity index is 246. The third kappa shape index (κ3) is 3.25. The summed E-state index contributed by atoms with van der Waals surface area (Å²) in [4.78, 5) is 14.5. The van der Waals surface area contributed by atoms with Gasteiger partial charge in [0.25, 0.3) is 0 Å². The number of aromatic nitrogens is 1. The van der Waals surface area contributed by atoms with E-state index in [1.54, 1.807) is 19.3 Å². The minimum atomic E-state index is 0.157. The summed E-state index contributed by atoms with van der Waals surface area (Å²) in [7, 11) is 0. The number of ketones is 1. The van der Waals surface area contributed by atoms with Gasteiger partial charge in [0.1, 0.15) is 5.78 Å². The van der Waals surface area contributed by atoms with Crippen molar-refractivity contribution in [3.8, 4) is 0 Å². The van der Waals surface area contributed by atoms with E-state index in [9.17, 15) is 4.79 Å². The lowest BCUT2D eigenvalue weighted by Gasteiger charge is -2.00. The lowest BCUT2D eigenvalue weighted by Crippen LogP contribution is -2.20. The standard InChI is InChI=1S/C9H12N2O/c1-8(12)6-11-7-9-2-4-10-5-3-9/h2-5,11H,6-7H2,1H3. The summed E-state index contributed by atoms with van der Waals surface area (Å²) < 4.78 is 0. The predicted octanol–water partition coefficient (Wildman–Crippen LogP) is 0.760. The van der Waals surface area contributed by atoms with Gasteiger partial charge in [0.05, 0.1) is 6.54 Å². The zero-order valence-corrected chi connectivity index (χ0v) is 7.08. The Kier molecular flexibility index (Phi) is 3.41. The molecule has 0 saturated carbocycles. The van der Waals surface area contributed by atoms with Crippen molar-refractivity contribution in [2.75, 3.05) is 6.54 Å². The van der Waals surface area contributed by atoms with Crippen molar-refractivity contribution in [3.63, 3.8) is 0 Å². The summed E-state index contributed by atoms with van der Waals surface area (Å²) in [6, 6.07) is 3.85. The molecule has 12 heavy (non-hydrogen) atoms. The van der Waals surface area contributed by atoms with Gasteiger partial charge in [-0.2, -0.15) is 0 Å². The molecule has 1 heterocycles. The van der Waals surface area contributed by atoms with E-state index >= 15 is 0 Å². The number of hydrogen-bond acceptors (Lipinski definition) is 3. The van der Waals surface area contributed by atoms with Crippen molar-refractivity contribution < 1.29 is 4.79 Å². The molecular weight excluding hydrogens is 152 g/mol. The van der Waals surface area contributed by atoms with Crippen molar-refractivity contribution in [1.29, 1.82) is 0 Å². The SMILES string of the molecule is CC(=O)CNCc1ccncc1. The number of nitrogens with one attached hydrogen (secondary N) is 1. The first-order chi connectivity index (χ1) is 5.79.